The van der Waals surface area contributed by atoms with Gasteiger partial charge in [-0.1, -0.05) is 23.7 Å². The number of fused-ring (bicyclic) bond motifs is 3. The second-order valence-electron chi connectivity index (χ2n) is 7.85. The van der Waals surface area contributed by atoms with Crippen LogP contribution in [0.5, 0.6) is 5.75 Å². The zero-order chi connectivity index (χ0) is 27.1. The minimum atomic E-state index is -5.00. The second-order valence-corrected chi connectivity index (χ2v) is 8.29. The Hall–Kier alpha value is -3.32. The van der Waals surface area contributed by atoms with Gasteiger partial charge in [-0.05, 0) is 31.2 Å². The first kappa shape index (κ1) is 26.7. The third kappa shape index (κ3) is 5.10. The number of carbonyl (C=O) groups excluding carboxylic acids is 1. The Bertz CT molecular complexity index is 1320. The highest BCUT2D eigenvalue weighted by Crippen LogP contribution is 2.48. The van der Waals surface area contributed by atoms with E-state index in [-0.39, 0.29) is 22.9 Å². The lowest BCUT2D eigenvalue weighted by Gasteiger charge is -2.26. The lowest BCUT2D eigenvalue weighted by atomic mass is 9.94. The van der Waals surface area contributed by atoms with Gasteiger partial charge in [0.1, 0.15) is 23.5 Å². The molecule has 2 aromatic carbocycles. The maximum atomic E-state index is 14.2. The lowest BCUT2D eigenvalue weighted by molar-refractivity contribution is -0.149. The Labute approximate surface area is 210 Å². The standard InChI is InChI=1S/C23H18ClF6N3O4/c1-3-36-17(34)10-16-20-31-32-21(23(28,29)30)33(20)14-8-7-11(24)9-13(14)19(37-16)12-5-4-6-15(35-2)18(12)22(25,26)27/h4-9,16,19H,3,10H2,1-2H3/t16-,19-/m1/s1. The summed E-state index contributed by atoms with van der Waals surface area (Å²) in [5.41, 5.74) is -2.01. The van der Waals surface area contributed by atoms with Crippen molar-refractivity contribution in [3.8, 4) is 11.4 Å². The molecule has 1 aliphatic heterocycles. The van der Waals surface area contributed by atoms with Crippen LogP contribution in [0.2, 0.25) is 5.02 Å². The van der Waals surface area contributed by atoms with E-state index in [9.17, 15) is 31.1 Å². The molecule has 1 aliphatic rings. The summed E-state index contributed by atoms with van der Waals surface area (Å²) in [6, 6.07) is 7.13. The number of hydrogen-bond donors (Lipinski definition) is 0. The Morgan fingerprint density at radius 3 is 2.43 bits per heavy atom. The zero-order valence-corrected chi connectivity index (χ0v) is 19.9. The number of benzene rings is 2. The summed E-state index contributed by atoms with van der Waals surface area (Å²) in [5, 5.41) is 6.88. The number of carbonyl (C=O) groups is 1. The summed E-state index contributed by atoms with van der Waals surface area (Å²) in [5.74, 6) is -3.28. The van der Waals surface area contributed by atoms with Gasteiger partial charge in [-0.25, -0.2) is 0 Å². The molecular formula is C23H18ClF6N3O4. The van der Waals surface area contributed by atoms with Crippen LogP contribution in [-0.2, 0) is 26.6 Å². The third-order valence-electron chi connectivity index (χ3n) is 5.54. The summed E-state index contributed by atoms with van der Waals surface area (Å²) in [6.07, 6.45) is -13.8. The highest BCUT2D eigenvalue weighted by molar-refractivity contribution is 6.30. The number of rotatable bonds is 5. The van der Waals surface area contributed by atoms with Crippen molar-refractivity contribution in [1.82, 2.24) is 14.8 Å². The van der Waals surface area contributed by atoms with Gasteiger partial charge in [0.15, 0.2) is 5.82 Å². The largest absolute Gasteiger partial charge is 0.496 e. The topological polar surface area (TPSA) is 75.5 Å². The molecule has 0 N–H and O–H groups in total. The van der Waals surface area contributed by atoms with Gasteiger partial charge in [0.2, 0.25) is 5.82 Å². The first-order valence-electron chi connectivity index (χ1n) is 10.7. The predicted molar refractivity (Wildman–Crippen MR) is 116 cm³/mol. The second kappa shape index (κ2) is 9.86. The van der Waals surface area contributed by atoms with Crippen LogP contribution in [0.25, 0.3) is 5.69 Å². The van der Waals surface area contributed by atoms with Gasteiger partial charge in [-0.3, -0.25) is 9.36 Å². The van der Waals surface area contributed by atoms with E-state index in [1.807, 2.05) is 0 Å². The van der Waals surface area contributed by atoms with Crippen molar-refractivity contribution in [2.45, 2.75) is 37.9 Å². The summed E-state index contributed by atoms with van der Waals surface area (Å²) in [6.45, 7) is 1.47. The van der Waals surface area contributed by atoms with Gasteiger partial charge in [0.05, 0.1) is 25.8 Å². The Morgan fingerprint density at radius 1 is 1.08 bits per heavy atom. The summed E-state index contributed by atoms with van der Waals surface area (Å²) >= 11 is 6.12. The molecule has 198 valence electrons. The van der Waals surface area contributed by atoms with Crippen LogP contribution in [-0.4, -0.2) is 34.5 Å². The van der Waals surface area contributed by atoms with E-state index in [0.717, 1.165) is 19.2 Å². The number of hydrogen-bond acceptors (Lipinski definition) is 6. The van der Waals surface area contributed by atoms with Gasteiger partial charge < -0.3 is 14.2 Å². The third-order valence-corrected chi connectivity index (χ3v) is 5.78. The molecule has 37 heavy (non-hydrogen) atoms. The maximum Gasteiger partial charge on any atom is 0.452 e. The fourth-order valence-corrected chi connectivity index (χ4v) is 4.34. The molecule has 0 spiro atoms. The minimum absolute atomic E-state index is 0.0239. The Balaban J connectivity index is 2.04. The molecule has 0 saturated heterocycles. The fraction of sp³-hybridized carbons (Fsp3) is 0.348. The average Bonchev–Trinajstić information content (AvgIpc) is 3.21. The van der Waals surface area contributed by atoms with E-state index in [4.69, 9.17) is 25.8 Å². The number of esters is 1. The summed E-state index contributed by atoms with van der Waals surface area (Å²) < 4.78 is 101. The Morgan fingerprint density at radius 2 is 1.81 bits per heavy atom. The molecule has 0 bridgehead atoms. The smallest absolute Gasteiger partial charge is 0.452 e. The lowest BCUT2D eigenvalue weighted by Crippen LogP contribution is -2.20. The molecule has 2 atom stereocenters. The van der Waals surface area contributed by atoms with E-state index in [1.165, 1.54) is 31.2 Å². The quantitative estimate of drug-likeness (QED) is 0.284. The average molecular weight is 550 g/mol. The fourth-order valence-electron chi connectivity index (χ4n) is 4.15. The number of aromatic nitrogens is 3. The maximum absolute atomic E-state index is 14.2. The first-order valence-corrected chi connectivity index (χ1v) is 11.1. The number of nitrogens with zero attached hydrogens (tertiary/aromatic N) is 3. The van der Waals surface area contributed by atoms with Gasteiger partial charge in [-0.15, -0.1) is 10.2 Å². The van der Waals surface area contributed by atoms with Gasteiger partial charge in [-0.2, -0.15) is 26.3 Å². The molecule has 7 nitrogen and oxygen atoms in total. The predicted octanol–water partition coefficient (Wildman–Crippen LogP) is 6.08. The molecular weight excluding hydrogens is 532 g/mol. The van der Waals surface area contributed by atoms with E-state index >= 15 is 0 Å². The van der Waals surface area contributed by atoms with E-state index in [2.05, 4.69) is 10.2 Å². The Kier molecular flexibility index (Phi) is 7.12. The summed E-state index contributed by atoms with van der Waals surface area (Å²) in [7, 11) is 1.05. The molecule has 14 heteroatoms. The highest BCUT2D eigenvalue weighted by Gasteiger charge is 2.45. The van der Waals surface area contributed by atoms with Crippen LogP contribution in [0, 0.1) is 0 Å². The molecule has 0 amide bonds. The van der Waals surface area contributed by atoms with Crippen molar-refractivity contribution >= 4 is 17.6 Å². The number of methoxy groups -OCH3 is 1. The molecule has 0 saturated carbocycles. The number of halogens is 7. The van der Waals surface area contributed by atoms with Crippen LogP contribution in [0.1, 0.15) is 53.9 Å². The first-order chi connectivity index (χ1) is 17.4. The monoisotopic (exact) mass is 549 g/mol. The van der Waals surface area contributed by atoms with Crippen molar-refractivity contribution in [3.63, 3.8) is 0 Å². The van der Waals surface area contributed by atoms with Crippen molar-refractivity contribution in [2.24, 2.45) is 0 Å². The van der Waals surface area contributed by atoms with E-state index < -0.39 is 65.5 Å². The van der Waals surface area contributed by atoms with Crippen LogP contribution < -0.4 is 4.74 Å². The SMILES string of the molecule is CCOC(=O)C[C@H]1O[C@H](c2cccc(OC)c2C(F)(F)F)c2cc(Cl)ccc2-n2c1nnc2C(F)(F)F. The highest BCUT2D eigenvalue weighted by atomic mass is 35.5. The zero-order valence-electron chi connectivity index (χ0n) is 19.2. The molecule has 2 heterocycles. The molecule has 4 rings (SSSR count). The molecule has 3 aromatic rings. The van der Waals surface area contributed by atoms with Gasteiger partial charge in [0, 0.05) is 16.1 Å². The normalized spacial score (nSPS) is 17.5. The van der Waals surface area contributed by atoms with E-state index in [1.54, 1.807) is 0 Å². The van der Waals surface area contributed by atoms with Gasteiger partial charge in [0.25, 0.3) is 0 Å². The van der Waals surface area contributed by atoms with Crippen LogP contribution in [0.4, 0.5) is 26.3 Å². The number of ether oxygens (including phenoxy) is 3. The van der Waals surface area contributed by atoms with Crippen LogP contribution in [0.15, 0.2) is 36.4 Å². The molecule has 0 aliphatic carbocycles. The van der Waals surface area contributed by atoms with Crippen LogP contribution >= 0.6 is 11.6 Å². The van der Waals surface area contributed by atoms with Crippen molar-refractivity contribution in [3.05, 3.63) is 69.8 Å². The van der Waals surface area contributed by atoms with Crippen molar-refractivity contribution < 1.29 is 45.3 Å². The molecule has 1 aromatic heterocycles. The molecule has 0 unspecified atom stereocenters. The van der Waals surface area contributed by atoms with E-state index in [0.29, 0.717) is 4.57 Å². The van der Waals surface area contributed by atoms with Crippen molar-refractivity contribution in [2.75, 3.05) is 13.7 Å². The minimum Gasteiger partial charge on any atom is -0.496 e. The van der Waals surface area contributed by atoms with Crippen molar-refractivity contribution in [1.29, 1.82) is 0 Å². The number of alkyl halides is 6. The molecule has 0 radical (unpaired) electrons. The van der Waals surface area contributed by atoms with Gasteiger partial charge >= 0.3 is 18.3 Å². The summed E-state index contributed by atoms with van der Waals surface area (Å²) in [4.78, 5) is 12.3. The van der Waals surface area contributed by atoms with Crippen LogP contribution in [0.3, 0.4) is 0 Å². The molecule has 0 fully saturated rings.